The standard InChI is InChI=1S/C18H31N3/c1-3-20(4-2)15-12-19-18-10-13-21(14-11-18)16-17-8-6-5-7-9-17/h5-9,18-19H,3-4,10-16H2,1-2H3. The Morgan fingerprint density at radius 3 is 2.38 bits per heavy atom. The molecule has 3 heteroatoms. The number of nitrogens with one attached hydrogen (secondary N) is 1. The maximum absolute atomic E-state index is 3.74. The van der Waals surface area contributed by atoms with E-state index >= 15 is 0 Å². The van der Waals surface area contributed by atoms with Gasteiger partial charge in [-0.15, -0.1) is 0 Å². The molecule has 0 radical (unpaired) electrons. The van der Waals surface area contributed by atoms with Crippen molar-refractivity contribution in [3.63, 3.8) is 0 Å². The van der Waals surface area contributed by atoms with E-state index in [1.165, 1.54) is 38.0 Å². The van der Waals surface area contributed by atoms with E-state index in [0.717, 1.165) is 26.2 Å². The molecule has 1 aliphatic rings. The van der Waals surface area contributed by atoms with E-state index in [-0.39, 0.29) is 0 Å². The summed E-state index contributed by atoms with van der Waals surface area (Å²) in [6.45, 7) is 12.7. The Balaban J connectivity index is 1.62. The maximum atomic E-state index is 3.74. The smallest absolute Gasteiger partial charge is 0.0233 e. The Hall–Kier alpha value is -0.900. The number of hydrogen-bond donors (Lipinski definition) is 1. The summed E-state index contributed by atoms with van der Waals surface area (Å²) >= 11 is 0. The average Bonchev–Trinajstić information content (AvgIpc) is 2.54. The molecule has 0 atom stereocenters. The van der Waals surface area contributed by atoms with Crippen LogP contribution in [0.15, 0.2) is 30.3 Å². The van der Waals surface area contributed by atoms with Crippen molar-refractivity contribution in [3.8, 4) is 0 Å². The van der Waals surface area contributed by atoms with E-state index < -0.39 is 0 Å². The molecule has 1 aromatic rings. The number of piperidine rings is 1. The van der Waals surface area contributed by atoms with Gasteiger partial charge in [0.25, 0.3) is 0 Å². The summed E-state index contributed by atoms with van der Waals surface area (Å²) in [5, 5.41) is 3.74. The lowest BCUT2D eigenvalue weighted by Crippen LogP contribution is -2.44. The fourth-order valence-electron chi connectivity index (χ4n) is 3.10. The molecule has 0 saturated carbocycles. The first-order valence-corrected chi connectivity index (χ1v) is 8.53. The van der Waals surface area contributed by atoms with Crippen molar-refractivity contribution in [1.82, 2.24) is 15.1 Å². The van der Waals surface area contributed by atoms with Gasteiger partial charge in [-0.2, -0.15) is 0 Å². The molecule has 1 aromatic carbocycles. The van der Waals surface area contributed by atoms with E-state index in [1.54, 1.807) is 0 Å². The third kappa shape index (κ3) is 5.77. The SMILES string of the molecule is CCN(CC)CCNC1CCN(Cc2ccccc2)CC1. The first-order valence-electron chi connectivity index (χ1n) is 8.53. The molecule has 2 rings (SSSR count). The third-order valence-electron chi connectivity index (χ3n) is 4.59. The fraction of sp³-hybridized carbons (Fsp3) is 0.667. The van der Waals surface area contributed by atoms with Crippen molar-refractivity contribution in [2.24, 2.45) is 0 Å². The third-order valence-corrected chi connectivity index (χ3v) is 4.59. The van der Waals surface area contributed by atoms with E-state index in [2.05, 4.69) is 59.3 Å². The van der Waals surface area contributed by atoms with Gasteiger partial charge in [0.2, 0.25) is 0 Å². The van der Waals surface area contributed by atoms with Crippen molar-refractivity contribution in [2.75, 3.05) is 39.3 Å². The monoisotopic (exact) mass is 289 g/mol. The molecule has 0 bridgehead atoms. The van der Waals surface area contributed by atoms with Gasteiger partial charge in [-0.05, 0) is 44.6 Å². The lowest BCUT2D eigenvalue weighted by atomic mass is 10.0. The van der Waals surface area contributed by atoms with Crippen molar-refractivity contribution >= 4 is 0 Å². The largest absolute Gasteiger partial charge is 0.313 e. The van der Waals surface area contributed by atoms with E-state index in [4.69, 9.17) is 0 Å². The van der Waals surface area contributed by atoms with Crippen LogP contribution in [0.2, 0.25) is 0 Å². The van der Waals surface area contributed by atoms with Crippen molar-refractivity contribution in [2.45, 2.75) is 39.3 Å². The summed E-state index contributed by atoms with van der Waals surface area (Å²) in [4.78, 5) is 5.06. The van der Waals surface area contributed by atoms with Crippen molar-refractivity contribution in [3.05, 3.63) is 35.9 Å². The number of likely N-dealkylation sites (tertiary alicyclic amines) is 1. The molecule has 3 nitrogen and oxygen atoms in total. The predicted octanol–water partition coefficient (Wildman–Crippen LogP) is 2.58. The highest BCUT2D eigenvalue weighted by Crippen LogP contribution is 2.13. The lowest BCUT2D eigenvalue weighted by Gasteiger charge is -2.33. The zero-order chi connectivity index (χ0) is 14.9. The molecule has 21 heavy (non-hydrogen) atoms. The normalized spacial score (nSPS) is 17.5. The van der Waals surface area contributed by atoms with E-state index in [0.29, 0.717) is 6.04 Å². The number of rotatable bonds is 8. The second-order valence-corrected chi connectivity index (χ2v) is 6.02. The second-order valence-electron chi connectivity index (χ2n) is 6.02. The highest BCUT2D eigenvalue weighted by atomic mass is 15.2. The molecule has 1 N–H and O–H groups in total. The van der Waals surface area contributed by atoms with Crippen molar-refractivity contribution < 1.29 is 0 Å². The van der Waals surface area contributed by atoms with Crippen LogP contribution in [0.4, 0.5) is 0 Å². The molecule has 0 amide bonds. The van der Waals surface area contributed by atoms with Crippen LogP contribution in [0, 0.1) is 0 Å². The van der Waals surface area contributed by atoms with Crippen LogP contribution in [0.5, 0.6) is 0 Å². The van der Waals surface area contributed by atoms with Gasteiger partial charge in [0.15, 0.2) is 0 Å². The van der Waals surface area contributed by atoms with Crippen LogP contribution >= 0.6 is 0 Å². The first-order chi connectivity index (χ1) is 10.3. The maximum Gasteiger partial charge on any atom is 0.0233 e. The zero-order valence-electron chi connectivity index (χ0n) is 13.7. The predicted molar refractivity (Wildman–Crippen MR) is 90.5 cm³/mol. The summed E-state index contributed by atoms with van der Waals surface area (Å²) in [7, 11) is 0. The molecule has 1 heterocycles. The molecule has 0 spiro atoms. The number of likely N-dealkylation sites (N-methyl/N-ethyl adjacent to an activating group) is 1. The van der Waals surface area contributed by atoms with Crippen LogP contribution in [-0.2, 0) is 6.54 Å². The quantitative estimate of drug-likeness (QED) is 0.793. The van der Waals surface area contributed by atoms with Crippen LogP contribution in [-0.4, -0.2) is 55.1 Å². The zero-order valence-corrected chi connectivity index (χ0v) is 13.7. The molecule has 118 valence electrons. The van der Waals surface area contributed by atoms with E-state index in [9.17, 15) is 0 Å². The summed E-state index contributed by atoms with van der Waals surface area (Å²) in [5.74, 6) is 0. The Morgan fingerprint density at radius 2 is 1.76 bits per heavy atom. The highest BCUT2D eigenvalue weighted by molar-refractivity contribution is 5.14. The van der Waals surface area contributed by atoms with Crippen LogP contribution in [0.1, 0.15) is 32.3 Å². The molecule has 0 unspecified atom stereocenters. The minimum atomic E-state index is 0.715. The summed E-state index contributed by atoms with van der Waals surface area (Å²) in [6, 6.07) is 11.5. The summed E-state index contributed by atoms with van der Waals surface area (Å²) in [6.07, 6.45) is 2.57. The molecular weight excluding hydrogens is 258 g/mol. The molecule has 1 saturated heterocycles. The topological polar surface area (TPSA) is 18.5 Å². The van der Waals surface area contributed by atoms with Crippen LogP contribution < -0.4 is 5.32 Å². The van der Waals surface area contributed by atoms with Gasteiger partial charge in [0.1, 0.15) is 0 Å². The number of nitrogens with zero attached hydrogens (tertiary/aromatic N) is 2. The summed E-state index contributed by atoms with van der Waals surface area (Å²) < 4.78 is 0. The van der Waals surface area contributed by atoms with Gasteiger partial charge >= 0.3 is 0 Å². The molecule has 0 aromatic heterocycles. The van der Waals surface area contributed by atoms with Gasteiger partial charge in [0.05, 0.1) is 0 Å². The number of hydrogen-bond acceptors (Lipinski definition) is 3. The Kier molecular flexibility index (Phi) is 7.20. The molecule has 0 aliphatic carbocycles. The molecule has 1 fully saturated rings. The van der Waals surface area contributed by atoms with Gasteiger partial charge < -0.3 is 10.2 Å². The van der Waals surface area contributed by atoms with Gasteiger partial charge in [-0.25, -0.2) is 0 Å². The van der Waals surface area contributed by atoms with Crippen molar-refractivity contribution in [1.29, 1.82) is 0 Å². The fourth-order valence-corrected chi connectivity index (χ4v) is 3.10. The minimum absolute atomic E-state index is 0.715. The Morgan fingerprint density at radius 1 is 1.10 bits per heavy atom. The van der Waals surface area contributed by atoms with Gasteiger partial charge in [-0.3, -0.25) is 4.90 Å². The number of benzene rings is 1. The first kappa shape index (κ1) is 16.5. The highest BCUT2D eigenvalue weighted by Gasteiger charge is 2.18. The lowest BCUT2D eigenvalue weighted by molar-refractivity contribution is 0.187. The van der Waals surface area contributed by atoms with Gasteiger partial charge in [0, 0.05) is 25.7 Å². The second kappa shape index (κ2) is 9.19. The molecular formula is C18H31N3. The Bertz CT molecular complexity index is 367. The van der Waals surface area contributed by atoms with Crippen LogP contribution in [0.25, 0.3) is 0 Å². The minimum Gasteiger partial charge on any atom is -0.313 e. The van der Waals surface area contributed by atoms with E-state index in [1.807, 2.05) is 0 Å². The summed E-state index contributed by atoms with van der Waals surface area (Å²) in [5.41, 5.74) is 1.44. The average molecular weight is 289 g/mol. The van der Waals surface area contributed by atoms with Crippen LogP contribution in [0.3, 0.4) is 0 Å². The Labute approximate surface area is 130 Å². The molecule has 1 aliphatic heterocycles. The van der Waals surface area contributed by atoms with Gasteiger partial charge in [-0.1, -0.05) is 44.2 Å².